The lowest BCUT2D eigenvalue weighted by molar-refractivity contribution is 0.0697. The first-order valence-electron chi connectivity index (χ1n) is 5.63. The van der Waals surface area contributed by atoms with Crippen LogP contribution in [-0.4, -0.2) is 16.1 Å². The predicted octanol–water partition coefficient (Wildman–Crippen LogP) is 3.88. The molecular weight excluding hydrogens is 250 g/mol. The van der Waals surface area contributed by atoms with Crippen LogP contribution in [0.25, 0.3) is 10.9 Å². The average molecular weight is 264 g/mol. The standard InChI is InChI=1S/C14H14ClNO2/c1-14(2,3)9-4-5-11-8(6-9)7-10(13(17)18)12(15)16-11/h4-7H,1-3H3,(H,17,18). The van der Waals surface area contributed by atoms with Crippen LogP contribution >= 0.6 is 11.6 Å². The Morgan fingerprint density at radius 3 is 2.50 bits per heavy atom. The fourth-order valence-corrected chi connectivity index (χ4v) is 2.00. The van der Waals surface area contributed by atoms with E-state index in [2.05, 4.69) is 25.8 Å². The lowest BCUT2D eigenvalue weighted by Crippen LogP contribution is -2.10. The molecule has 2 aromatic rings. The Bertz CT molecular complexity index is 629. The molecule has 0 amide bonds. The van der Waals surface area contributed by atoms with Gasteiger partial charge in [0.25, 0.3) is 0 Å². The Morgan fingerprint density at radius 1 is 1.28 bits per heavy atom. The van der Waals surface area contributed by atoms with Gasteiger partial charge in [0.1, 0.15) is 5.15 Å². The summed E-state index contributed by atoms with van der Waals surface area (Å²) in [5, 5.41) is 9.85. The number of fused-ring (bicyclic) bond motifs is 1. The van der Waals surface area contributed by atoms with Gasteiger partial charge >= 0.3 is 5.97 Å². The van der Waals surface area contributed by atoms with Gasteiger partial charge in [0.2, 0.25) is 0 Å². The third kappa shape index (κ3) is 2.31. The summed E-state index contributed by atoms with van der Waals surface area (Å²) in [7, 11) is 0. The van der Waals surface area contributed by atoms with Gasteiger partial charge in [0, 0.05) is 5.39 Å². The monoisotopic (exact) mass is 263 g/mol. The van der Waals surface area contributed by atoms with Crippen molar-refractivity contribution in [3.05, 3.63) is 40.5 Å². The minimum atomic E-state index is -1.06. The van der Waals surface area contributed by atoms with Gasteiger partial charge in [-0.25, -0.2) is 9.78 Å². The molecule has 18 heavy (non-hydrogen) atoms. The highest BCUT2D eigenvalue weighted by Gasteiger charge is 2.16. The highest BCUT2D eigenvalue weighted by molar-refractivity contribution is 6.32. The van der Waals surface area contributed by atoms with Crippen molar-refractivity contribution in [1.82, 2.24) is 4.98 Å². The lowest BCUT2D eigenvalue weighted by Gasteiger charge is -2.19. The summed E-state index contributed by atoms with van der Waals surface area (Å²) in [6, 6.07) is 7.40. The van der Waals surface area contributed by atoms with Gasteiger partial charge in [0.05, 0.1) is 11.1 Å². The van der Waals surface area contributed by atoms with Crippen LogP contribution in [0.2, 0.25) is 5.15 Å². The number of aromatic nitrogens is 1. The van der Waals surface area contributed by atoms with Crippen molar-refractivity contribution < 1.29 is 9.90 Å². The van der Waals surface area contributed by atoms with E-state index >= 15 is 0 Å². The zero-order valence-corrected chi connectivity index (χ0v) is 11.2. The number of pyridine rings is 1. The number of rotatable bonds is 1. The van der Waals surface area contributed by atoms with E-state index in [0.29, 0.717) is 5.52 Å². The van der Waals surface area contributed by atoms with E-state index in [9.17, 15) is 4.79 Å². The van der Waals surface area contributed by atoms with Crippen LogP contribution in [0.15, 0.2) is 24.3 Å². The zero-order chi connectivity index (χ0) is 13.5. The minimum Gasteiger partial charge on any atom is -0.478 e. The molecule has 0 saturated carbocycles. The van der Waals surface area contributed by atoms with E-state index in [1.807, 2.05) is 18.2 Å². The van der Waals surface area contributed by atoms with E-state index in [1.165, 1.54) is 0 Å². The molecule has 0 atom stereocenters. The van der Waals surface area contributed by atoms with Crippen molar-refractivity contribution in [2.45, 2.75) is 26.2 Å². The van der Waals surface area contributed by atoms with Gasteiger partial charge in [-0.15, -0.1) is 0 Å². The number of nitrogens with zero attached hydrogens (tertiary/aromatic N) is 1. The summed E-state index contributed by atoms with van der Waals surface area (Å²) >= 11 is 5.84. The van der Waals surface area contributed by atoms with Gasteiger partial charge in [-0.2, -0.15) is 0 Å². The van der Waals surface area contributed by atoms with Crippen LogP contribution in [0.1, 0.15) is 36.7 Å². The number of aromatic carboxylic acids is 1. The molecule has 1 aromatic heterocycles. The van der Waals surface area contributed by atoms with Crippen molar-refractivity contribution in [1.29, 1.82) is 0 Å². The maximum atomic E-state index is 11.0. The smallest absolute Gasteiger partial charge is 0.338 e. The van der Waals surface area contributed by atoms with Crippen molar-refractivity contribution in [3.8, 4) is 0 Å². The first kappa shape index (κ1) is 12.8. The molecule has 1 heterocycles. The normalized spacial score (nSPS) is 11.8. The second-order valence-corrected chi connectivity index (χ2v) is 5.65. The summed E-state index contributed by atoms with van der Waals surface area (Å²) in [5.74, 6) is -1.06. The van der Waals surface area contributed by atoms with E-state index in [-0.39, 0.29) is 16.1 Å². The molecule has 0 aliphatic heterocycles. The Labute approximate surface area is 110 Å². The van der Waals surface area contributed by atoms with Crippen LogP contribution in [0.4, 0.5) is 0 Å². The molecule has 0 aliphatic carbocycles. The SMILES string of the molecule is CC(C)(C)c1ccc2nc(Cl)c(C(=O)O)cc2c1. The van der Waals surface area contributed by atoms with E-state index in [1.54, 1.807) is 6.07 Å². The number of hydrogen-bond acceptors (Lipinski definition) is 2. The van der Waals surface area contributed by atoms with Crippen LogP contribution in [-0.2, 0) is 5.41 Å². The second-order valence-electron chi connectivity index (χ2n) is 5.29. The molecule has 0 bridgehead atoms. The number of hydrogen-bond donors (Lipinski definition) is 1. The predicted molar refractivity (Wildman–Crippen MR) is 72.4 cm³/mol. The highest BCUT2D eigenvalue weighted by atomic mass is 35.5. The molecule has 0 fully saturated rings. The van der Waals surface area contributed by atoms with E-state index in [4.69, 9.17) is 16.7 Å². The Kier molecular flexibility index (Phi) is 3.03. The maximum Gasteiger partial charge on any atom is 0.338 e. The van der Waals surface area contributed by atoms with Crippen molar-refractivity contribution in [3.63, 3.8) is 0 Å². The maximum absolute atomic E-state index is 11.0. The summed E-state index contributed by atoms with van der Waals surface area (Å²) in [6.07, 6.45) is 0. The quantitative estimate of drug-likeness (QED) is 0.794. The minimum absolute atomic E-state index is 0.0111. The zero-order valence-electron chi connectivity index (χ0n) is 10.5. The van der Waals surface area contributed by atoms with E-state index in [0.717, 1.165) is 10.9 Å². The molecule has 1 N–H and O–H groups in total. The van der Waals surface area contributed by atoms with Gasteiger partial charge < -0.3 is 5.11 Å². The first-order chi connectivity index (χ1) is 8.29. The Morgan fingerprint density at radius 2 is 1.94 bits per heavy atom. The van der Waals surface area contributed by atoms with Crippen LogP contribution < -0.4 is 0 Å². The average Bonchev–Trinajstić information content (AvgIpc) is 2.25. The molecule has 4 heteroatoms. The molecule has 2 rings (SSSR count). The van der Waals surface area contributed by atoms with Gasteiger partial charge in [-0.3, -0.25) is 0 Å². The van der Waals surface area contributed by atoms with Gasteiger partial charge in [-0.05, 0) is 29.2 Å². The summed E-state index contributed by atoms with van der Waals surface area (Å²) in [6.45, 7) is 6.32. The van der Waals surface area contributed by atoms with Gasteiger partial charge in [-0.1, -0.05) is 38.4 Å². The van der Waals surface area contributed by atoms with Crippen LogP contribution in [0.5, 0.6) is 0 Å². The fraction of sp³-hybridized carbons (Fsp3) is 0.286. The summed E-state index contributed by atoms with van der Waals surface area (Å²) in [5.41, 5.74) is 1.89. The molecular formula is C14H14ClNO2. The highest BCUT2D eigenvalue weighted by Crippen LogP contribution is 2.27. The molecule has 0 spiro atoms. The first-order valence-corrected chi connectivity index (χ1v) is 6.01. The van der Waals surface area contributed by atoms with Crippen molar-refractivity contribution >= 4 is 28.5 Å². The van der Waals surface area contributed by atoms with E-state index < -0.39 is 5.97 Å². The number of carbonyl (C=O) groups is 1. The number of benzene rings is 1. The summed E-state index contributed by atoms with van der Waals surface area (Å²) < 4.78 is 0. The second kappa shape index (κ2) is 4.25. The number of carboxylic acid groups (broad SMARTS) is 1. The molecule has 3 nitrogen and oxygen atoms in total. The third-order valence-electron chi connectivity index (χ3n) is 2.86. The molecule has 1 aromatic carbocycles. The molecule has 0 radical (unpaired) electrons. The summed E-state index contributed by atoms with van der Waals surface area (Å²) in [4.78, 5) is 15.1. The largest absolute Gasteiger partial charge is 0.478 e. The molecule has 94 valence electrons. The number of carboxylic acids is 1. The van der Waals surface area contributed by atoms with Crippen LogP contribution in [0, 0.1) is 0 Å². The Balaban J connectivity index is 2.69. The fourth-order valence-electron chi connectivity index (χ4n) is 1.77. The third-order valence-corrected chi connectivity index (χ3v) is 3.15. The Hall–Kier alpha value is -1.61. The molecule has 0 unspecified atom stereocenters. The molecule has 0 saturated heterocycles. The van der Waals surface area contributed by atoms with Gasteiger partial charge in [0.15, 0.2) is 0 Å². The van der Waals surface area contributed by atoms with Crippen LogP contribution in [0.3, 0.4) is 0 Å². The van der Waals surface area contributed by atoms with Crippen molar-refractivity contribution in [2.75, 3.05) is 0 Å². The van der Waals surface area contributed by atoms with Crippen molar-refractivity contribution in [2.24, 2.45) is 0 Å². The molecule has 0 aliphatic rings. The number of halogens is 1. The topological polar surface area (TPSA) is 50.2 Å². The lowest BCUT2D eigenvalue weighted by atomic mass is 9.86.